The van der Waals surface area contributed by atoms with E-state index < -0.39 is 0 Å². The lowest BCUT2D eigenvalue weighted by Crippen LogP contribution is -2.48. The molecule has 4 aromatic rings. The van der Waals surface area contributed by atoms with E-state index in [0.717, 1.165) is 74.5 Å². The predicted octanol–water partition coefficient (Wildman–Crippen LogP) is 3.05. The molecule has 2 aliphatic heterocycles. The normalized spacial score (nSPS) is 21.0. The highest BCUT2D eigenvalue weighted by atomic mass is 16.1. The fourth-order valence-corrected chi connectivity index (χ4v) is 6.78. The van der Waals surface area contributed by atoms with Crippen molar-refractivity contribution in [3.8, 4) is 0 Å². The van der Waals surface area contributed by atoms with Crippen LogP contribution < -0.4 is 20.9 Å². The van der Waals surface area contributed by atoms with E-state index in [1.165, 1.54) is 38.3 Å². The number of benzene rings is 2. The maximum atomic E-state index is 12.5. The number of aromatic nitrogens is 4. The van der Waals surface area contributed by atoms with Crippen molar-refractivity contribution in [3.63, 3.8) is 0 Å². The van der Waals surface area contributed by atoms with Gasteiger partial charge in [0.25, 0.3) is 0 Å². The van der Waals surface area contributed by atoms with Crippen molar-refractivity contribution in [1.29, 1.82) is 0 Å². The van der Waals surface area contributed by atoms with Crippen LogP contribution in [0.4, 0.5) is 17.2 Å². The molecule has 2 saturated heterocycles. The SMILES string of the molecule is O=C(Cc1ccccc1)NC1CC(n2cnc3c(Nc4ccc(N5CCN(CCCN6CCNCC6)CC5)cc4)ncnc32)C1. The number of carbonyl (C=O) groups is 1. The maximum absolute atomic E-state index is 12.5. The quantitative estimate of drug-likeness (QED) is 0.237. The van der Waals surface area contributed by atoms with Crippen LogP contribution in [0.3, 0.4) is 0 Å². The van der Waals surface area contributed by atoms with Crippen molar-refractivity contribution in [1.82, 2.24) is 40.0 Å². The minimum absolute atomic E-state index is 0.0686. The summed E-state index contributed by atoms with van der Waals surface area (Å²) in [5, 5.41) is 10.1. The average molecular weight is 609 g/mol. The Labute approximate surface area is 265 Å². The van der Waals surface area contributed by atoms with Gasteiger partial charge in [0.2, 0.25) is 5.91 Å². The number of piperazine rings is 2. The summed E-state index contributed by atoms with van der Waals surface area (Å²) in [7, 11) is 0. The van der Waals surface area contributed by atoms with Crippen LogP contribution in [0.15, 0.2) is 67.3 Å². The summed E-state index contributed by atoms with van der Waals surface area (Å²) in [6, 6.07) is 18.9. The number of fused-ring (bicyclic) bond motifs is 1. The van der Waals surface area contributed by atoms with E-state index >= 15 is 0 Å². The van der Waals surface area contributed by atoms with Crippen molar-refractivity contribution < 1.29 is 4.79 Å². The first-order chi connectivity index (χ1) is 22.2. The Balaban J connectivity index is 0.886. The van der Waals surface area contributed by atoms with Crippen LogP contribution in [0, 0.1) is 0 Å². The fraction of sp³-hybridized carbons (Fsp3) is 0.471. The number of nitrogens with zero attached hydrogens (tertiary/aromatic N) is 7. The second kappa shape index (κ2) is 13.9. The van der Waals surface area contributed by atoms with Crippen molar-refractivity contribution in [3.05, 3.63) is 72.8 Å². The Morgan fingerprint density at radius 1 is 0.844 bits per heavy atom. The largest absolute Gasteiger partial charge is 0.369 e. The molecule has 0 radical (unpaired) electrons. The van der Waals surface area contributed by atoms with Crippen LogP contribution >= 0.6 is 0 Å². The molecule has 2 aromatic heterocycles. The number of carbonyl (C=O) groups excluding carboxylic acids is 1. The molecule has 1 amide bonds. The second-order valence-electron chi connectivity index (χ2n) is 12.5. The Hall–Kier alpha value is -4.06. The van der Waals surface area contributed by atoms with Crippen LogP contribution in [-0.2, 0) is 11.2 Å². The molecule has 0 bridgehead atoms. The van der Waals surface area contributed by atoms with Crippen LogP contribution in [-0.4, -0.2) is 107 Å². The second-order valence-corrected chi connectivity index (χ2v) is 12.5. The molecule has 11 heteroatoms. The molecule has 3 aliphatic rings. The maximum Gasteiger partial charge on any atom is 0.224 e. The predicted molar refractivity (Wildman–Crippen MR) is 178 cm³/mol. The summed E-state index contributed by atoms with van der Waals surface area (Å²) >= 11 is 0. The van der Waals surface area contributed by atoms with Gasteiger partial charge in [0.05, 0.1) is 12.7 Å². The highest BCUT2D eigenvalue weighted by molar-refractivity contribution is 5.85. The summed E-state index contributed by atoms with van der Waals surface area (Å²) < 4.78 is 2.12. The summed E-state index contributed by atoms with van der Waals surface area (Å²) in [5.74, 6) is 0.770. The van der Waals surface area contributed by atoms with Gasteiger partial charge in [0.15, 0.2) is 17.0 Å². The van der Waals surface area contributed by atoms with Gasteiger partial charge in [-0.15, -0.1) is 0 Å². The number of anilines is 3. The zero-order chi connectivity index (χ0) is 30.4. The Bertz CT molecular complexity index is 1540. The van der Waals surface area contributed by atoms with Gasteiger partial charge in [-0.3, -0.25) is 9.69 Å². The third kappa shape index (κ3) is 7.27. The van der Waals surface area contributed by atoms with Gasteiger partial charge in [-0.05, 0) is 62.2 Å². The first kappa shape index (κ1) is 29.6. The Morgan fingerprint density at radius 3 is 2.33 bits per heavy atom. The minimum atomic E-state index is 0.0686. The van der Waals surface area contributed by atoms with E-state index in [4.69, 9.17) is 0 Å². The molecule has 3 N–H and O–H groups in total. The molecule has 0 atom stereocenters. The van der Waals surface area contributed by atoms with E-state index in [-0.39, 0.29) is 18.0 Å². The summed E-state index contributed by atoms with van der Waals surface area (Å²) in [6.45, 7) is 11.4. The van der Waals surface area contributed by atoms with Crippen molar-refractivity contribution in [2.45, 2.75) is 37.8 Å². The van der Waals surface area contributed by atoms with Gasteiger partial charge < -0.3 is 30.3 Å². The average Bonchev–Trinajstić information content (AvgIpc) is 3.49. The first-order valence-corrected chi connectivity index (χ1v) is 16.5. The highest BCUT2D eigenvalue weighted by Gasteiger charge is 2.33. The van der Waals surface area contributed by atoms with E-state index in [0.29, 0.717) is 12.2 Å². The third-order valence-corrected chi connectivity index (χ3v) is 9.46. The molecule has 4 heterocycles. The molecule has 7 rings (SSSR count). The highest BCUT2D eigenvalue weighted by Crippen LogP contribution is 2.35. The van der Waals surface area contributed by atoms with E-state index in [2.05, 4.69) is 74.4 Å². The number of hydrogen-bond donors (Lipinski definition) is 3. The number of hydrogen-bond acceptors (Lipinski definition) is 9. The van der Waals surface area contributed by atoms with E-state index in [9.17, 15) is 4.79 Å². The van der Waals surface area contributed by atoms with Crippen LogP contribution in [0.2, 0.25) is 0 Å². The van der Waals surface area contributed by atoms with Gasteiger partial charge in [-0.25, -0.2) is 15.0 Å². The lowest BCUT2D eigenvalue weighted by Gasteiger charge is -2.36. The molecular weight excluding hydrogens is 564 g/mol. The molecule has 1 aliphatic carbocycles. The zero-order valence-electron chi connectivity index (χ0n) is 25.9. The van der Waals surface area contributed by atoms with Crippen molar-refractivity contribution >= 4 is 34.3 Å². The summed E-state index contributed by atoms with van der Waals surface area (Å²) in [6.07, 6.45) is 6.84. The van der Waals surface area contributed by atoms with Crippen LogP contribution in [0.25, 0.3) is 11.2 Å². The standard InChI is InChI=1S/C34H44N10O/c45-31(21-26-5-2-1-3-6-26)39-28-22-30(23-28)44-25-38-32-33(36-24-37-34(32)44)40-27-7-9-29(10-8-27)43-19-17-42(18-20-43)14-4-13-41-15-11-35-12-16-41/h1-3,5-10,24-25,28,30,35H,4,11-23H2,(H,39,45)(H,36,37,40). The summed E-state index contributed by atoms with van der Waals surface area (Å²) in [4.78, 5) is 33.9. The molecule has 45 heavy (non-hydrogen) atoms. The Morgan fingerprint density at radius 2 is 1.58 bits per heavy atom. The van der Waals surface area contributed by atoms with Gasteiger partial charge in [0, 0.05) is 75.8 Å². The summed E-state index contributed by atoms with van der Waals surface area (Å²) in [5.41, 5.74) is 4.83. The molecule has 2 aromatic carbocycles. The molecule has 11 nitrogen and oxygen atoms in total. The minimum Gasteiger partial charge on any atom is -0.369 e. The number of rotatable bonds is 11. The zero-order valence-corrected chi connectivity index (χ0v) is 25.9. The van der Waals surface area contributed by atoms with Crippen LogP contribution in [0.5, 0.6) is 0 Å². The van der Waals surface area contributed by atoms with Crippen molar-refractivity contribution in [2.24, 2.45) is 0 Å². The smallest absolute Gasteiger partial charge is 0.224 e. The molecule has 0 unspecified atom stereocenters. The number of nitrogens with one attached hydrogen (secondary N) is 3. The van der Waals surface area contributed by atoms with Gasteiger partial charge >= 0.3 is 0 Å². The molecule has 0 spiro atoms. The fourth-order valence-electron chi connectivity index (χ4n) is 6.78. The van der Waals surface area contributed by atoms with Crippen molar-refractivity contribution in [2.75, 3.05) is 75.7 Å². The molecule has 3 fully saturated rings. The molecule has 236 valence electrons. The van der Waals surface area contributed by atoms with E-state index in [1.807, 2.05) is 36.7 Å². The first-order valence-electron chi connectivity index (χ1n) is 16.5. The van der Waals surface area contributed by atoms with Crippen LogP contribution in [0.1, 0.15) is 30.9 Å². The van der Waals surface area contributed by atoms with E-state index in [1.54, 1.807) is 6.33 Å². The monoisotopic (exact) mass is 608 g/mol. The van der Waals surface area contributed by atoms with Gasteiger partial charge in [-0.1, -0.05) is 30.3 Å². The third-order valence-electron chi connectivity index (χ3n) is 9.46. The topological polar surface area (TPSA) is 106 Å². The molecule has 1 saturated carbocycles. The lowest BCUT2D eigenvalue weighted by molar-refractivity contribution is -0.121. The number of imidazole rings is 1. The van der Waals surface area contributed by atoms with Gasteiger partial charge in [0.1, 0.15) is 6.33 Å². The lowest BCUT2D eigenvalue weighted by atomic mass is 9.86. The number of amides is 1. The molecular formula is C34H44N10O. The Kier molecular flexibility index (Phi) is 9.17. The van der Waals surface area contributed by atoms with Gasteiger partial charge in [-0.2, -0.15) is 0 Å².